The molecule has 0 saturated heterocycles. The van der Waals surface area contributed by atoms with Crippen molar-refractivity contribution in [2.45, 2.75) is 25.7 Å². The van der Waals surface area contributed by atoms with E-state index in [1.807, 2.05) is 6.20 Å². The number of hydrogen-bond acceptors (Lipinski definition) is 2. The molecule has 0 spiro atoms. The Morgan fingerprint density at radius 1 is 1.50 bits per heavy atom. The van der Waals surface area contributed by atoms with Gasteiger partial charge in [-0.2, -0.15) is 0 Å². The molecule has 0 unspecified atom stereocenters. The highest BCUT2D eigenvalue weighted by Gasteiger charge is 1.99. The SMILES string of the molecule is NCCCCC1=NC=CC1. The predicted molar refractivity (Wildman–Crippen MR) is 44.1 cm³/mol. The Balaban J connectivity index is 2.04. The first-order valence-corrected chi connectivity index (χ1v) is 3.84. The van der Waals surface area contributed by atoms with Gasteiger partial charge in [0.25, 0.3) is 0 Å². The van der Waals surface area contributed by atoms with Gasteiger partial charge in [0.2, 0.25) is 0 Å². The Morgan fingerprint density at radius 3 is 3.00 bits per heavy atom. The monoisotopic (exact) mass is 138 g/mol. The maximum absolute atomic E-state index is 5.36. The number of nitrogens with zero attached hydrogens (tertiary/aromatic N) is 1. The molecule has 1 aliphatic heterocycles. The van der Waals surface area contributed by atoms with Crippen molar-refractivity contribution in [2.75, 3.05) is 6.54 Å². The molecule has 0 bridgehead atoms. The minimum Gasteiger partial charge on any atom is -0.330 e. The van der Waals surface area contributed by atoms with E-state index in [4.69, 9.17) is 5.73 Å². The lowest BCUT2D eigenvalue weighted by atomic mass is 10.1. The molecule has 0 saturated carbocycles. The fourth-order valence-electron chi connectivity index (χ4n) is 1.04. The van der Waals surface area contributed by atoms with Gasteiger partial charge in [0.15, 0.2) is 0 Å². The molecule has 0 atom stereocenters. The molecule has 0 radical (unpaired) electrons. The van der Waals surface area contributed by atoms with Crippen molar-refractivity contribution in [3.05, 3.63) is 12.3 Å². The summed E-state index contributed by atoms with van der Waals surface area (Å²) in [5.74, 6) is 0. The summed E-state index contributed by atoms with van der Waals surface area (Å²) in [6, 6.07) is 0. The fourth-order valence-corrected chi connectivity index (χ4v) is 1.04. The molecule has 0 aliphatic carbocycles. The van der Waals surface area contributed by atoms with E-state index in [0.717, 1.165) is 25.8 Å². The third-order valence-corrected chi connectivity index (χ3v) is 1.64. The summed E-state index contributed by atoms with van der Waals surface area (Å²) in [5.41, 5.74) is 6.67. The molecule has 56 valence electrons. The maximum atomic E-state index is 5.36. The minimum atomic E-state index is 0.806. The second-order valence-electron chi connectivity index (χ2n) is 2.53. The van der Waals surface area contributed by atoms with Gasteiger partial charge in [-0.05, 0) is 25.8 Å². The lowest BCUT2D eigenvalue weighted by Crippen LogP contribution is -2.00. The molecule has 2 N–H and O–H groups in total. The summed E-state index contributed by atoms with van der Waals surface area (Å²) >= 11 is 0. The third-order valence-electron chi connectivity index (χ3n) is 1.64. The zero-order chi connectivity index (χ0) is 7.23. The first kappa shape index (κ1) is 7.48. The normalized spacial score (nSPS) is 15.9. The molecular formula is C8H14N2. The van der Waals surface area contributed by atoms with Crippen LogP contribution in [0, 0.1) is 0 Å². The predicted octanol–water partition coefficient (Wildman–Crippen LogP) is 1.47. The molecule has 0 fully saturated rings. The summed E-state index contributed by atoms with van der Waals surface area (Å²) in [7, 11) is 0. The highest BCUT2D eigenvalue weighted by molar-refractivity contribution is 5.87. The van der Waals surface area contributed by atoms with Gasteiger partial charge in [0.05, 0.1) is 0 Å². The van der Waals surface area contributed by atoms with Crippen LogP contribution in [0.3, 0.4) is 0 Å². The molecule has 2 nitrogen and oxygen atoms in total. The van der Waals surface area contributed by atoms with Crippen LogP contribution in [0.4, 0.5) is 0 Å². The smallest absolute Gasteiger partial charge is 0.0231 e. The second kappa shape index (κ2) is 4.23. The van der Waals surface area contributed by atoms with Crippen LogP contribution in [0.2, 0.25) is 0 Å². The molecule has 1 rings (SSSR count). The Morgan fingerprint density at radius 2 is 2.40 bits per heavy atom. The largest absolute Gasteiger partial charge is 0.330 e. The topological polar surface area (TPSA) is 38.4 Å². The van der Waals surface area contributed by atoms with Gasteiger partial charge in [0, 0.05) is 18.3 Å². The van der Waals surface area contributed by atoms with Gasteiger partial charge < -0.3 is 5.73 Å². The van der Waals surface area contributed by atoms with Gasteiger partial charge in [-0.15, -0.1) is 0 Å². The van der Waals surface area contributed by atoms with Crippen molar-refractivity contribution in [1.29, 1.82) is 0 Å². The first-order valence-electron chi connectivity index (χ1n) is 3.84. The third kappa shape index (κ3) is 2.31. The lowest BCUT2D eigenvalue weighted by Gasteiger charge is -1.97. The van der Waals surface area contributed by atoms with Crippen molar-refractivity contribution in [2.24, 2.45) is 10.7 Å². The number of aliphatic imine (C=N–C) groups is 1. The molecule has 1 aliphatic rings. The first-order chi connectivity index (χ1) is 4.93. The minimum absolute atomic E-state index is 0.806. The summed E-state index contributed by atoms with van der Waals surface area (Å²) < 4.78 is 0. The summed E-state index contributed by atoms with van der Waals surface area (Å²) in [4.78, 5) is 4.20. The Hall–Kier alpha value is -0.630. The fraction of sp³-hybridized carbons (Fsp3) is 0.625. The van der Waals surface area contributed by atoms with Crippen molar-refractivity contribution in [1.82, 2.24) is 0 Å². The summed E-state index contributed by atoms with van der Waals surface area (Å²) in [5, 5.41) is 0. The molecule has 0 amide bonds. The molecule has 1 heterocycles. The standard InChI is InChI=1S/C8H14N2/c9-6-2-1-4-8-5-3-7-10-8/h3,7H,1-2,4-6,9H2. The summed E-state index contributed by atoms with van der Waals surface area (Å²) in [6.07, 6.45) is 8.49. The van der Waals surface area contributed by atoms with E-state index in [2.05, 4.69) is 11.1 Å². The quantitative estimate of drug-likeness (QED) is 0.587. The molecule has 0 aromatic carbocycles. The van der Waals surface area contributed by atoms with Crippen molar-refractivity contribution >= 4 is 5.71 Å². The van der Waals surface area contributed by atoms with Gasteiger partial charge >= 0.3 is 0 Å². The zero-order valence-electron chi connectivity index (χ0n) is 6.21. The van der Waals surface area contributed by atoms with E-state index in [1.54, 1.807) is 0 Å². The van der Waals surface area contributed by atoms with Crippen LogP contribution in [-0.4, -0.2) is 12.3 Å². The average Bonchev–Trinajstić information content (AvgIpc) is 2.41. The van der Waals surface area contributed by atoms with E-state index >= 15 is 0 Å². The van der Waals surface area contributed by atoms with E-state index in [9.17, 15) is 0 Å². The number of nitrogens with two attached hydrogens (primary N) is 1. The van der Waals surface area contributed by atoms with Crippen molar-refractivity contribution in [3.63, 3.8) is 0 Å². The van der Waals surface area contributed by atoms with Crippen LogP contribution in [-0.2, 0) is 0 Å². The van der Waals surface area contributed by atoms with Crippen LogP contribution in [0.5, 0.6) is 0 Å². The number of allylic oxidation sites excluding steroid dienone is 1. The number of rotatable bonds is 4. The Bertz CT molecular complexity index is 147. The van der Waals surface area contributed by atoms with E-state index < -0.39 is 0 Å². The zero-order valence-corrected chi connectivity index (χ0v) is 6.21. The molecule has 0 aromatic heterocycles. The van der Waals surface area contributed by atoms with Crippen molar-refractivity contribution in [3.8, 4) is 0 Å². The van der Waals surface area contributed by atoms with E-state index in [0.29, 0.717) is 0 Å². The van der Waals surface area contributed by atoms with E-state index in [1.165, 1.54) is 12.1 Å². The van der Waals surface area contributed by atoms with Crippen molar-refractivity contribution < 1.29 is 0 Å². The number of unbranched alkanes of at least 4 members (excludes halogenated alkanes) is 1. The lowest BCUT2D eigenvalue weighted by molar-refractivity contribution is 0.770. The number of hydrogen-bond donors (Lipinski definition) is 1. The second-order valence-corrected chi connectivity index (χ2v) is 2.53. The van der Waals surface area contributed by atoms with E-state index in [-0.39, 0.29) is 0 Å². The highest BCUT2D eigenvalue weighted by atomic mass is 14.7. The van der Waals surface area contributed by atoms with Crippen LogP contribution >= 0.6 is 0 Å². The molecule has 0 aromatic rings. The van der Waals surface area contributed by atoms with Gasteiger partial charge in [-0.25, -0.2) is 0 Å². The Labute approximate surface area is 61.8 Å². The van der Waals surface area contributed by atoms with Gasteiger partial charge in [-0.1, -0.05) is 6.08 Å². The highest BCUT2D eigenvalue weighted by Crippen LogP contribution is 2.06. The van der Waals surface area contributed by atoms with Crippen LogP contribution in [0.15, 0.2) is 17.3 Å². The average molecular weight is 138 g/mol. The Kier molecular flexibility index (Phi) is 3.16. The van der Waals surface area contributed by atoms with Gasteiger partial charge in [-0.3, -0.25) is 4.99 Å². The van der Waals surface area contributed by atoms with Crippen LogP contribution in [0.1, 0.15) is 25.7 Å². The molecule has 2 heteroatoms. The maximum Gasteiger partial charge on any atom is 0.0231 e. The molecular weight excluding hydrogens is 124 g/mol. The van der Waals surface area contributed by atoms with Gasteiger partial charge in [0.1, 0.15) is 0 Å². The molecule has 10 heavy (non-hydrogen) atoms. The summed E-state index contributed by atoms with van der Waals surface area (Å²) in [6.45, 7) is 0.806. The van der Waals surface area contributed by atoms with Crippen LogP contribution < -0.4 is 5.73 Å². The van der Waals surface area contributed by atoms with Crippen LogP contribution in [0.25, 0.3) is 0 Å².